The average molecular weight is 342 g/mol. The van der Waals surface area contributed by atoms with Crippen molar-refractivity contribution in [1.29, 1.82) is 0 Å². The summed E-state index contributed by atoms with van der Waals surface area (Å²) in [6.07, 6.45) is 0.00259. The molecule has 2 aromatic rings. The fraction of sp³-hybridized carbons (Fsp3) is 0.300. The monoisotopic (exact) mass is 342 g/mol. The van der Waals surface area contributed by atoms with Crippen molar-refractivity contribution in [2.75, 3.05) is 14.2 Å². The number of ether oxygens (including phenoxy) is 3. The molecule has 0 heterocycles. The van der Waals surface area contributed by atoms with E-state index in [4.69, 9.17) is 14.2 Å². The molecule has 1 atom stereocenters. The third-order valence-corrected chi connectivity index (χ3v) is 3.93. The van der Waals surface area contributed by atoms with Gasteiger partial charge in [-0.2, -0.15) is 0 Å². The molecule has 0 bridgehead atoms. The third kappa shape index (κ3) is 4.38. The Morgan fingerprint density at radius 2 is 1.68 bits per heavy atom. The molecule has 0 aliphatic carbocycles. The Morgan fingerprint density at radius 3 is 2.24 bits per heavy atom. The van der Waals surface area contributed by atoms with E-state index in [1.165, 1.54) is 14.2 Å². The first-order chi connectivity index (χ1) is 12.0. The number of rotatable bonds is 7. The second kappa shape index (κ2) is 8.33. The van der Waals surface area contributed by atoms with Crippen molar-refractivity contribution in [2.45, 2.75) is 26.4 Å². The fourth-order valence-electron chi connectivity index (χ4n) is 2.38. The summed E-state index contributed by atoms with van der Waals surface area (Å²) >= 11 is 0. The molecule has 0 radical (unpaired) electrons. The van der Waals surface area contributed by atoms with Crippen molar-refractivity contribution in [3.63, 3.8) is 0 Å². The molecule has 0 N–H and O–H groups in total. The molecule has 0 aliphatic heterocycles. The van der Waals surface area contributed by atoms with Gasteiger partial charge >= 0.3 is 5.97 Å². The smallest absolute Gasteiger partial charge is 0.342 e. The first kappa shape index (κ1) is 18.5. The van der Waals surface area contributed by atoms with Crippen LogP contribution >= 0.6 is 0 Å². The van der Waals surface area contributed by atoms with Gasteiger partial charge in [0.2, 0.25) is 5.78 Å². The van der Waals surface area contributed by atoms with E-state index in [1.54, 1.807) is 37.3 Å². The van der Waals surface area contributed by atoms with Crippen LogP contribution in [0.4, 0.5) is 0 Å². The van der Waals surface area contributed by atoms with Crippen LogP contribution in [-0.4, -0.2) is 32.1 Å². The lowest BCUT2D eigenvalue weighted by molar-refractivity contribution is 0.0316. The highest BCUT2D eigenvalue weighted by atomic mass is 16.5. The maximum Gasteiger partial charge on any atom is 0.342 e. The predicted octanol–water partition coefficient (Wildman–Crippen LogP) is 3.69. The van der Waals surface area contributed by atoms with Gasteiger partial charge in [0.15, 0.2) is 6.10 Å². The number of methoxy groups -OCH3 is 2. The number of Topliss-reactive ketones (excluding diaryl/α,β-unsaturated/α-hetero) is 1. The normalized spacial score (nSPS) is 11.5. The zero-order valence-electron chi connectivity index (χ0n) is 14.9. The Balaban J connectivity index is 2.12. The molecule has 0 fully saturated rings. The van der Waals surface area contributed by atoms with Crippen molar-refractivity contribution in [3.05, 3.63) is 59.2 Å². The van der Waals surface area contributed by atoms with Gasteiger partial charge in [0.05, 0.1) is 14.2 Å². The van der Waals surface area contributed by atoms with Gasteiger partial charge in [0, 0.05) is 11.6 Å². The summed E-state index contributed by atoms with van der Waals surface area (Å²) in [7, 11) is 2.98. The molecular formula is C20H22O5. The third-order valence-electron chi connectivity index (χ3n) is 3.93. The molecule has 5 nitrogen and oxygen atoms in total. The number of hydrogen-bond donors (Lipinski definition) is 0. The maximum atomic E-state index is 12.4. The van der Waals surface area contributed by atoms with Gasteiger partial charge in [-0.15, -0.1) is 0 Å². The van der Waals surface area contributed by atoms with Gasteiger partial charge in [-0.1, -0.05) is 31.2 Å². The van der Waals surface area contributed by atoms with Crippen LogP contribution in [-0.2, 0) is 11.2 Å². The zero-order chi connectivity index (χ0) is 18.4. The van der Waals surface area contributed by atoms with Gasteiger partial charge in [0.25, 0.3) is 0 Å². The number of esters is 1. The second-order valence-electron chi connectivity index (χ2n) is 5.53. The van der Waals surface area contributed by atoms with E-state index in [-0.39, 0.29) is 11.3 Å². The van der Waals surface area contributed by atoms with Gasteiger partial charge in [-0.05, 0) is 31.0 Å². The molecule has 0 aromatic heterocycles. The lowest BCUT2D eigenvalue weighted by Crippen LogP contribution is -2.24. The number of carbonyl (C=O) groups excluding carboxylic acids is 2. The van der Waals surface area contributed by atoms with Crippen molar-refractivity contribution in [2.24, 2.45) is 0 Å². The molecule has 0 amide bonds. The molecular weight excluding hydrogens is 320 g/mol. The number of ketones is 1. The van der Waals surface area contributed by atoms with Crippen molar-refractivity contribution < 1.29 is 23.8 Å². The fourth-order valence-corrected chi connectivity index (χ4v) is 2.38. The molecule has 2 rings (SSSR count). The predicted molar refractivity (Wildman–Crippen MR) is 94.6 cm³/mol. The highest BCUT2D eigenvalue weighted by Crippen LogP contribution is 2.25. The first-order valence-corrected chi connectivity index (χ1v) is 8.06. The Hall–Kier alpha value is -2.82. The standard InChI is InChI=1S/C20H22O5/c1-5-14-6-8-15(9-7-14)19(21)13(2)25-20(22)17-11-10-16(23-3)12-18(17)24-4/h6-13H,5H2,1-4H3/t13-/m1/s1. The summed E-state index contributed by atoms with van der Waals surface area (Å²) in [6, 6.07) is 12.1. The lowest BCUT2D eigenvalue weighted by Gasteiger charge is -2.14. The summed E-state index contributed by atoms with van der Waals surface area (Å²) in [5.74, 6) is 0.0267. The number of hydrogen-bond acceptors (Lipinski definition) is 5. The number of aryl methyl sites for hydroxylation is 1. The zero-order valence-corrected chi connectivity index (χ0v) is 14.9. The summed E-state index contributed by atoms with van der Waals surface area (Å²) in [5.41, 5.74) is 1.90. The van der Waals surface area contributed by atoms with E-state index >= 15 is 0 Å². The molecule has 132 valence electrons. The van der Waals surface area contributed by atoms with E-state index in [9.17, 15) is 9.59 Å². The van der Waals surface area contributed by atoms with E-state index in [0.717, 1.165) is 12.0 Å². The van der Waals surface area contributed by atoms with Crippen LogP contribution < -0.4 is 9.47 Å². The van der Waals surface area contributed by atoms with Crippen LogP contribution in [0.3, 0.4) is 0 Å². The first-order valence-electron chi connectivity index (χ1n) is 8.06. The minimum atomic E-state index is -0.896. The molecule has 0 unspecified atom stereocenters. The van der Waals surface area contributed by atoms with Crippen LogP contribution in [0.25, 0.3) is 0 Å². The van der Waals surface area contributed by atoms with Crippen LogP contribution in [0, 0.1) is 0 Å². The van der Waals surface area contributed by atoms with Crippen molar-refractivity contribution >= 4 is 11.8 Å². The van der Waals surface area contributed by atoms with Crippen molar-refractivity contribution in [3.8, 4) is 11.5 Å². The highest BCUT2D eigenvalue weighted by Gasteiger charge is 2.22. The minimum absolute atomic E-state index is 0.240. The topological polar surface area (TPSA) is 61.8 Å². The molecule has 0 spiro atoms. The summed E-state index contributed by atoms with van der Waals surface area (Å²) in [4.78, 5) is 24.8. The van der Waals surface area contributed by atoms with E-state index in [0.29, 0.717) is 17.1 Å². The van der Waals surface area contributed by atoms with Gasteiger partial charge in [-0.3, -0.25) is 4.79 Å². The van der Waals surface area contributed by atoms with Crippen LogP contribution in [0.15, 0.2) is 42.5 Å². The largest absolute Gasteiger partial charge is 0.497 e. The SMILES string of the molecule is CCc1ccc(C(=O)[C@@H](C)OC(=O)c2ccc(OC)cc2OC)cc1. The van der Waals surface area contributed by atoms with E-state index in [2.05, 4.69) is 0 Å². The summed E-state index contributed by atoms with van der Waals surface area (Å²) in [6.45, 7) is 3.60. The van der Waals surface area contributed by atoms with E-state index in [1.807, 2.05) is 19.1 Å². The summed E-state index contributed by atoms with van der Waals surface area (Å²) < 4.78 is 15.6. The minimum Gasteiger partial charge on any atom is -0.497 e. The van der Waals surface area contributed by atoms with Gasteiger partial charge < -0.3 is 14.2 Å². The van der Waals surface area contributed by atoms with Crippen LogP contribution in [0.1, 0.15) is 40.1 Å². The molecule has 0 saturated carbocycles. The van der Waals surface area contributed by atoms with E-state index < -0.39 is 12.1 Å². The Bertz CT molecular complexity index is 749. The Labute approximate surface area is 147 Å². The highest BCUT2D eigenvalue weighted by molar-refractivity contribution is 6.02. The molecule has 0 saturated heterocycles. The van der Waals surface area contributed by atoms with Gasteiger partial charge in [0.1, 0.15) is 17.1 Å². The van der Waals surface area contributed by atoms with Crippen molar-refractivity contribution in [1.82, 2.24) is 0 Å². The number of carbonyl (C=O) groups is 2. The quantitative estimate of drug-likeness (QED) is 0.567. The Kier molecular flexibility index (Phi) is 6.17. The second-order valence-corrected chi connectivity index (χ2v) is 5.53. The van der Waals surface area contributed by atoms with Gasteiger partial charge in [-0.25, -0.2) is 4.79 Å². The molecule has 2 aromatic carbocycles. The summed E-state index contributed by atoms with van der Waals surface area (Å²) in [5, 5.41) is 0. The van der Waals surface area contributed by atoms with Crippen LogP contribution in [0.5, 0.6) is 11.5 Å². The van der Waals surface area contributed by atoms with Crippen LogP contribution in [0.2, 0.25) is 0 Å². The molecule has 0 aliphatic rings. The number of benzene rings is 2. The lowest BCUT2D eigenvalue weighted by atomic mass is 10.0. The maximum absolute atomic E-state index is 12.4. The molecule has 5 heteroatoms. The Morgan fingerprint density at radius 1 is 1.00 bits per heavy atom. The molecule has 25 heavy (non-hydrogen) atoms. The average Bonchev–Trinajstić information content (AvgIpc) is 2.66.